The van der Waals surface area contributed by atoms with Crippen molar-refractivity contribution in [3.8, 4) is 0 Å². The Hall–Kier alpha value is -0.120. The summed E-state index contributed by atoms with van der Waals surface area (Å²) in [7, 11) is 1.68. The molecular formula is C13H25NO2. The number of nitrogens with one attached hydrogen (secondary N) is 1. The van der Waals surface area contributed by atoms with Crippen LogP contribution in [0.25, 0.3) is 0 Å². The minimum atomic E-state index is -0.627. The van der Waals surface area contributed by atoms with Crippen LogP contribution >= 0.6 is 0 Å². The highest BCUT2D eigenvalue weighted by atomic mass is 16.5. The van der Waals surface area contributed by atoms with E-state index in [1.165, 1.54) is 25.7 Å². The van der Waals surface area contributed by atoms with Gasteiger partial charge >= 0.3 is 0 Å². The fourth-order valence-corrected chi connectivity index (χ4v) is 3.26. The zero-order valence-electron chi connectivity index (χ0n) is 10.5. The van der Waals surface area contributed by atoms with Crippen LogP contribution < -0.4 is 5.32 Å². The minimum Gasteiger partial charge on any atom is -0.389 e. The highest BCUT2D eigenvalue weighted by molar-refractivity contribution is 4.95. The first-order valence-corrected chi connectivity index (χ1v) is 6.55. The van der Waals surface area contributed by atoms with Gasteiger partial charge in [-0.2, -0.15) is 0 Å². The Morgan fingerprint density at radius 2 is 2.19 bits per heavy atom. The molecule has 94 valence electrons. The van der Waals surface area contributed by atoms with E-state index in [-0.39, 0.29) is 0 Å². The molecule has 2 N–H and O–H groups in total. The van der Waals surface area contributed by atoms with Crippen molar-refractivity contribution in [1.82, 2.24) is 5.32 Å². The Balaban J connectivity index is 1.70. The van der Waals surface area contributed by atoms with Crippen molar-refractivity contribution in [2.75, 3.05) is 20.3 Å². The van der Waals surface area contributed by atoms with E-state index in [0.717, 1.165) is 11.8 Å². The summed E-state index contributed by atoms with van der Waals surface area (Å²) in [6, 6.07) is 0.660. The normalized spacial score (nSPS) is 36.6. The lowest BCUT2D eigenvalue weighted by Gasteiger charge is -2.29. The van der Waals surface area contributed by atoms with Crippen LogP contribution in [0.2, 0.25) is 0 Å². The summed E-state index contributed by atoms with van der Waals surface area (Å²) >= 11 is 0. The van der Waals surface area contributed by atoms with Gasteiger partial charge in [-0.25, -0.2) is 0 Å². The molecule has 0 aromatic rings. The Morgan fingerprint density at radius 1 is 1.38 bits per heavy atom. The van der Waals surface area contributed by atoms with E-state index in [1.54, 1.807) is 7.11 Å². The van der Waals surface area contributed by atoms with E-state index in [2.05, 4.69) is 5.32 Å². The van der Waals surface area contributed by atoms with Gasteiger partial charge in [0.05, 0.1) is 5.60 Å². The third kappa shape index (κ3) is 2.96. The summed E-state index contributed by atoms with van der Waals surface area (Å²) < 4.78 is 5.01. The molecule has 2 rings (SSSR count). The van der Waals surface area contributed by atoms with E-state index in [0.29, 0.717) is 25.6 Å². The van der Waals surface area contributed by atoms with Gasteiger partial charge in [0.2, 0.25) is 0 Å². The standard InChI is InChI=1S/C13H25NO2/c1-13(15,5-6-16-2)9-14-12-8-10-3-4-11(12)7-10/h10-12,14-15H,3-9H2,1-2H3. The molecule has 4 atom stereocenters. The molecule has 0 aromatic carbocycles. The van der Waals surface area contributed by atoms with Crippen molar-refractivity contribution in [3.05, 3.63) is 0 Å². The summed E-state index contributed by atoms with van der Waals surface area (Å²) in [6.45, 7) is 3.22. The lowest BCUT2D eigenvalue weighted by molar-refractivity contribution is 0.0212. The van der Waals surface area contributed by atoms with Gasteiger partial charge in [-0.1, -0.05) is 6.42 Å². The van der Waals surface area contributed by atoms with Gasteiger partial charge in [0, 0.05) is 32.7 Å². The number of aliphatic hydroxyl groups is 1. The molecule has 4 unspecified atom stereocenters. The van der Waals surface area contributed by atoms with Crippen molar-refractivity contribution in [1.29, 1.82) is 0 Å². The third-order valence-corrected chi connectivity index (χ3v) is 4.33. The Morgan fingerprint density at radius 3 is 2.75 bits per heavy atom. The molecule has 0 aliphatic heterocycles. The predicted octanol–water partition coefficient (Wildman–Crippen LogP) is 1.55. The lowest BCUT2D eigenvalue weighted by atomic mass is 9.94. The summed E-state index contributed by atoms with van der Waals surface area (Å²) in [6.07, 6.45) is 6.27. The van der Waals surface area contributed by atoms with E-state index in [4.69, 9.17) is 4.74 Å². The average Bonchev–Trinajstić information content (AvgIpc) is 2.85. The molecule has 16 heavy (non-hydrogen) atoms. The molecule has 2 fully saturated rings. The summed E-state index contributed by atoms with van der Waals surface area (Å²) in [5.41, 5.74) is -0.627. The second kappa shape index (κ2) is 5.03. The van der Waals surface area contributed by atoms with E-state index >= 15 is 0 Å². The van der Waals surface area contributed by atoms with Gasteiger partial charge in [-0.15, -0.1) is 0 Å². The molecule has 2 bridgehead atoms. The van der Waals surface area contributed by atoms with Crippen molar-refractivity contribution in [3.63, 3.8) is 0 Å². The zero-order chi connectivity index (χ0) is 11.6. The van der Waals surface area contributed by atoms with Crippen LogP contribution in [0.15, 0.2) is 0 Å². The molecule has 0 aromatic heterocycles. The van der Waals surface area contributed by atoms with Gasteiger partial charge in [0.1, 0.15) is 0 Å². The maximum absolute atomic E-state index is 10.1. The zero-order valence-corrected chi connectivity index (χ0v) is 10.5. The van der Waals surface area contributed by atoms with Crippen LogP contribution in [0.3, 0.4) is 0 Å². The van der Waals surface area contributed by atoms with Gasteiger partial charge in [-0.3, -0.25) is 0 Å². The Bertz CT molecular complexity index is 230. The van der Waals surface area contributed by atoms with Crippen molar-refractivity contribution >= 4 is 0 Å². The Kier molecular flexibility index (Phi) is 3.88. The average molecular weight is 227 g/mol. The maximum Gasteiger partial charge on any atom is 0.0765 e. The van der Waals surface area contributed by atoms with Gasteiger partial charge in [0.25, 0.3) is 0 Å². The van der Waals surface area contributed by atoms with Gasteiger partial charge < -0.3 is 15.2 Å². The monoisotopic (exact) mass is 227 g/mol. The topological polar surface area (TPSA) is 41.5 Å². The number of ether oxygens (including phenoxy) is 1. The summed E-state index contributed by atoms with van der Waals surface area (Å²) in [4.78, 5) is 0. The first-order chi connectivity index (χ1) is 7.61. The summed E-state index contributed by atoms with van der Waals surface area (Å²) in [5.74, 6) is 1.84. The van der Waals surface area contributed by atoms with E-state index < -0.39 is 5.60 Å². The van der Waals surface area contributed by atoms with Crippen molar-refractivity contribution in [2.45, 2.75) is 50.7 Å². The van der Waals surface area contributed by atoms with Crippen LogP contribution in [-0.4, -0.2) is 37.0 Å². The van der Waals surface area contributed by atoms with Crippen LogP contribution in [0.1, 0.15) is 39.0 Å². The molecule has 0 spiro atoms. The quantitative estimate of drug-likeness (QED) is 0.723. The van der Waals surface area contributed by atoms with E-state index in [9.17, 15) is 5.11 Å². The first kappa shape index (κ1) is 12.3. The molecule has 3 nitrogen and oxygen atoms in total. The predicted molar refractivity (Wildman–Crippen MR) is 64.4 cm³/mol. The molecule has 0 amide bonds. The van der Waals surface area contributed by atoms with E-state index in [1.807, 2.05) is 6.92 Å². The number of fused-ring (bicyclic) bond motifs is 2. The number of hydrogen-bond acceptors (Lipinski definition) is 3. The van der Waals surface area contributed by atoms with Crippen molar-refractivity contribution in [2.24, 2.45) is 11.8 Å². The molecule has 2 saturated carbocycles. The Labute approximate surface area is 98.6 Å². The summed E-state index contributed by atoms with van der Waals surface area (Å²) in [5, 5.41) is 13.7. The smallest absolute Gasteiger partial charge is 0.0765 e. The molecular weight excluding hydrogens is 202 g/mol. The lowest BCUT2D eigenvalue weighted by Crippen LogP contribution is -2.45. The minimum absolute atomic E-state index is 0.627. The highest BCUT2D eigenvalue weighted by Gasteiger charge is 2.39. The second-order valence-corrected chi connectivity index (χ2v) is 5.90. The number of rotatable bonds is 6. The van der Waals surface area contributed by atoms with Crippen LogP contribution in [-0.2, 0) is 4.74 Å². The van der Waals surface area contributed by atoms with Crippen molar-refractivity contribution < 1.29 is 9.84 Å². The maximum atomic E-state index is 10.1. The number of methoxy groups -OCH3 is 1. The van der Waals surface area contributed by atoms with Crippen LogP contribution in [0.4, 0.5) is 0 Å². The first-order valence-electron chi connectivity index (χ1n) is 6.55. The van der Waals surface area contributed by atoms with Gasteiger partial charge in [-0.05, 0) is 38.0 Å². The molecule has 2 aliphatic carbocycles. The fraction of sp³-hybridized carbons (Fsp3) is 1.00. The third-order valence-electron chi connectivity index (χ3n) is 4.33. The SMILES string of the molecule is COCCC(C)(O)CNC1CC2CCC1C2. The van der Waals surface area contributed by atoms with Gasteiger partial charge in [0.15, 0.2) is 0 Å². The molecule has 0 heterocycles. The fourth-order valence-electron chi connectivity index (χ4n) is 3.26. The largest absolute Gasteiger partial charge is 0.389 e. The number of hydrogen-bond donors (Lipinski definition) is 2. The second-order valence-electron chi connectivity index (χ2n) is 5.90. The highest BCUT2D eigenvalue weighted by Crippen LogP contribution is 2.44. The molecule has 0 saturated heterocycles. The molecule has 3 heteroatoms. The molecule has 0 radical (unpaired) electrons. The molecule has 2 aliphatic rings. The van der Waals surface area contributed by atoms with Crippen LogP contribution in [0, 0.1) is 11.8 Å². The van der Waals surface area contributed by atoms with Crippen LogP contribution in [0.5, 0.6) is 0 Å².